The molecule has 3 heteroatoms. The number of Topliss-reactive ketones (excluding diaryl/α,β-unsaturated/α-hetero) is 1. The van der Waals surface area contributed by atoms with Gasteiger partial charge in [0.25, 0.3) is 0 Å². The molecule has 6 unspecified atom stereocenters. The molecular formula is C19H25O2P. The van der Waals surface area contributed by atoms with Gasteiger partial charge in [-0.3, -0.25) is 4.79 Å². The normalized spacial score (nSPS) is 39.9. The summed E-state index contributed by atoms with van der Waals surface area (Å²) in [7, 11) is 2.33. The molecule has 0 amide bonds. The van der Waals surface area contributed by atoms with Gasteiger partial charge in [0.2, 0.25) is 0 Å². The first-order valence-corrected chi connectivity index (χ1v) is 9.05. The van der Waals surface area contributed by atoms with Crippen LogP contribution in [-0.4, -0.2) is 5.78 Å². The van der Waals surface area contributed by atoms with Crippen molar-refractivity contribution in [2.75, 3.05) is 0 Å². The molecule has 6 atom stereocenters. The maximum atomic E-state index is 12.6. The van der Waals surface area contributed by atoms with Crippen LogP contribution in [0.5, 0.6) is 5.75 Å². The van der Waals surface area contributed by atoms with Crippen LogP contribution in [0.25, 0.3) is 0 Å². The Labute approximate surface area is 135 Å². The predicted octanol–water partition coefficient (Wildman–Crippen LogP) is 4.53. The zero-order valence-electron chi connectivity index (χ0n) is 13.5. The second-order valence-electron chi connectivity index (χ2n) is 7.85. The van der Waals surface area contributed by atoms with E-state index in [0.717, 1.165) is 25.0 Å². The van der Waals surface area contributed by atoms with Gasteiger partial charge in [-0.2, -0.15) is 0 Å². The Morgan fingerprint density at radius 2 is 2.14 bits per heavy atom. The number of carbonyl (C=O) groups excluding carboxylic acids is 1. The first-order valence-electron chi connectivity index (χ1n) is 8.58. The molecule has 0 aliphatic heterocycles. The number of benzene rings is 1. The van der Waals surface area contributed by atoms with Crippen LogP contribution in [0, 0.1) is 23.2 Å². The Morgan fingerprint density at radius 1 is 1.32 bits per heavy atom. The largest absolute Gasteiger partial charge is 0.480 e. The highest BCUT2D eigenvalue weighted by Gasteiger charge is 2.56. The highest BCUT2D eigenvalue weighted by molar-refractivity contribution is 7.10. The van der Waals surface area contributed by atoms with Crippen molar-refractivity contribution in [3.63, 3.8) is 0 Å². The van der Waals surface area contributed by atoms with E-state index in [9.17, 15) is 4.79 Å². The summed E-state index contributed by atoms with van der Waals surface area (Å²) < 4.78 is 5.30. The van der Waals surface area contributed by atoms with E-state index in [0.29, 0.717) is 23.5 Å². The van der Waals surface area contributed by atoms with Gasteiger partial charge in [0.05, 0.1) is 9.47 Å². The molecule has 0 bridgehead atoms. The minimum Gasteiger partial charge on any atom is -0.480 e. The van der Waals surface area contributed by atoms with Crippen molar-refractivity contribution in [1.82, 2.24) is 0 Å². The summed E-state index contributed by atoms with van der Waals surface area (Å²) >= 11 is 0. The summed E-state index contributed by atoms with van der Waals surface area (Å²) in [6, 6.07) is 6.56. The molecule has 1 aromatic carbocycles. The smallest absolute Gasteiger partial charge is 0.141 e. The van der Waals surface area contributed by atoms with Crippen LogP contribution in [-0.2, 0) is 11.2 Å². The lowest BCUT2D eigenvalue weighted by atomic mass is 9.55. The molecule has 2 saturated carbocycles. The number of aryl methyl sites for hydroxylation is 1. The number of rotatable bonds is 1. The number of fused-ring (bicyclic) bond motifs is 5. The lowest BCUT2D eigenvalue weighted by Gasteiger charge is -2.48. The fraction of sp³-hybridized carbons (Fsp3) is 0.632. The molecule has 2 nitrogen and oxygen atoms in total. The van der Waals surface area contributed by atoms with Crippen LogP contribution in [0.4, 0.5) is 0 Å². The van der Waals surface area contributed by atoms with E-state index in [1.54, 1.807) is 0 Å². The Balaban J connectivity index is 1.70. The van der Waals surface area contributed by atoms with Crippen molar-refractivity contribution in [2.24, 2.45) is 23.2 Å². The molecule has 0 N–H and O–H groups in total. The Bertz CT molecular complexity index is 626. The third-order valence-electron chi connectivity index (χ3n) is 6.84. The van der Waals surface area contributed by atoms with Crippen molar-refractivity contribution in [3.05, 3.63) is 29.3 Å². The van der Waals surface area contributed by atoms with Crippen molar-refractivity contribution >= 4 is 15.2 Å². The van der Waals surface area contributed by atoms with Gasteiger partial charge in [-0.1, -0.05) is 19.9 Å². The summed E-state index contributed by atoms with van der Waals surface area (Å²) in [5, 5.41) is 0. The molecule has 0 saturated heterocycles. The second-order valence-corrected chi connectivity index (χ2v) is 8.09. The van der Waals surface area contributed by atoms with Crippen molar-refractivity contribution in [1.29, 1.82) is 0 Å². The predicted molar refractivity (Wildman–Crippen MR) is 91.0 cm³/mol. The third-order valence-corrected chi connectivity index (χ3v) is 7.11. The van der Waals surface area contributed by atoms with E-state index >= 15 is 0 Å². The first-order chi connectivity index (χ1) is 10.5. The fourth-order valence-corrected chi connectivity index (χ4v) is 5.89. The number of carbonyl (C=O) groups is 1. The van der Waals surface area contributed by atoms with E-state index in [-0.39, 0.29) is 11.3 Å². The lowest BCUT2D eigenvalue weighted by Crippen LogP contribution is -2.42. The van der Waals surface area contributed by atoms with E-state index in [4.69, 9.17) is 4.52 Å². The summed E-state index contributed by atoms with van der Waals surface area (Å²) in [4.78, 5) is 12.6. The zero-order valence-corrected chi connectivity index (χ0v) is 14.6. The third kappa shape index (κ3) is 1.92. The molecule has 0 heterocycles. The van der Waals surface area contributed by atoms with Crippen LogP contribution in [0.1, 0.15) is 56.6 Å². The molecule has 0 spiro atoms. The van der Waals surface area contributed by atoms with Crippen LogP contribution in [0.15, 0.2) is 18.2 Å². The van der Waals surface area contributed by atoms with Gasteiger partial charge in [0, 0.05) is 11.3 Å². The molecule has 0 radical (unpaired) electrons. The van der Waals surface area contributed by atoms with Gasteiger partial charge in [-0.25, -0.2) is 0 Å². The summed E-state index contributed by atoms with van der Waals surface area (Å²) in [6.45, 7) is 4.39. The molecule has 3 aliphatic rings. The number of hydrogen-bond donors (Lipinski definition) is 0. The van der Waals surface area contributed by atoms with Crippen LogP contribution < -0.4 is 4.52 Å². The van der Waals surface area contributed by atoms with E-state index in [1.807, 2.05) is 0 Å². The highest BCUT2D eigenvalue weighted by Crippen LogP contribution is 2.60. The molecule has 0 aromatic heterocycles. The minimum atomic E-state index is -0.0405. The van der Waals surface area contributed by atoms with Crippen LogP contribution in [0.3, 0.4) is 0 Å². The maximum absolute atomic E-state index is 12.6. The molecule has 1 aromatic rings. The van der Waals surface area contributed by atoms with Gasteiger partial charge in [0.1, 0.15) is 11.5 Å². The van der Waals surface area contributed by atoms with E-state index < -0.39 is 0 Å². The Hall–Kier alpha value is -0.880. The molecule has 3 aliphatic carbocycles. The van der Waals surface area contributed by atoms with Crippen molar-refractivity contribution in [3.8, 4) is 5.75 Å². The Morgan fingerprint density at radius 3 is 2.91 bits per heavy atom. The highest BCUT2D eigenvalue weighted by atomic mass is 31.0. The minimum absolute atomic E-state index is 0.0405. The molecular weight excluding hydrogens is 291 g/mol. The second kappa shape index (κ2) is 5.06. The van der Waals surface area contributed by atoms with Gasteiger partial charge >= 0.3 is 0 Å². The SMILES string of the molecule is CC1CC2C3CCc4cc(OP)ccc4C3CCC2(C)C1=O. The van der Waals surface area contributed by atoms with Crippen LogP contribution >= 0.6 is 9.47 Å². The van der Waals surface area contributed by atoms with Gasteiger partial charge in [-0.05, 0) is 73.1 Å². The summed E-state index contributed by atoms with van der Waals surface area (Å²) in [6.07, 6.45) is 5.72. The van der Waals surface area contributed by atoms with Gasteiger partial charge in [-0.15, -0.1) is 0 Å². The van der Waals surface area contributed by atoms with Crippen molar-refractivity contribution < 1.29 is 9.32 Å². The monoisotopic (exact) mass is 316 g/mol. The molecule has 118 valence electrons. The van der Waals surface area contributed by atoms with Crippen LogP contribution in [0.2, 0.25) is 0 Å². The zero-order chi connectivity index (χ0) is 15.5. The van der Waals surface area contributed by atoms with Crippen molar-refractivity contribution in [2.45, 2.75) is 51.9 Å². The first kappa shape index (κ1) is 14.7. The molecule has 2 fully saturated rings. The summed E-state index contributed by atoms with van der Waals surface area (Å²) in [5.41, 5.74) is 2.94. The average Bonchev–Trinajstić information content (AvgIpc) is 2.77. The number of ketones is 1. The quantitative estimate of drug-likeness (QED) is 0.712. The standard InChI is InChI=1S/C19H25O2P/c1-11-9-17-16-5-3-12-10-13(21-22)4-6-14(12)15(16)7-8-19(17,2)18(11)20/h4,6,10-11,15-17H,3,5,7-9,22H2,1-2H3. The summed E-state index contributed by atoms with van der Waals surface area (Å²) in [5.74, 6) is 3.69. The number of hydrogen-bond acceptors (Lipinski definition) is 2. The average molecular weight is 316 g/mol. The molecule has 22 heavy (non-hydrogen) atoms. The van der Waals surface area contributed by atoms with Gasteiger partial charge < -0.3 is 4.52 Å². The topological polar surface area (TPSA) is 26.3 Å². The fourth-order valence-electron chi connectivity index (χ4n) is 5.74. The van der Waals surface area contributed by atoms with Gasteiger partial charge in [0.15, 0.2) is 0 Å². The van der Waals surface area contributed by atoms with E-state index in [2.05, 4.69) is 41.5 Å². The maximum Gasteiger partial charge on any atom is 0.141 e. The Kier molecular flexibility index (Phi) is 3.38. The lowest BCUT2D eigenvalue weighted by molar-refractivity contribution is -0.131. The molecule has 4 rings (SSSR count). The van der Waals surface area contributed by atoms with E-state index in [1.165, 1.54) is 24.0 Å².